The molecule has 26 valence electrons. The van der Waals surface area contributed by atoms with E-state index in [9.17, 15) is 0 Å². The Labute approximate surface area is 36.7 Å². The van der Waals surface area contributed by atoms with Gasteiger partial charge in [0.1, 0.15) is 0 Å². The van der Waals surface area contributed by atoms with E-state index in [1.165, 1.54) is 0 Å². The summed E-state index contributed by atoms with van der Waals surface area (Å²) in [6.45, 7) is 0. The first-order valence-electron chi connectivity index (χ1n) is 0.608. The molecule has 0 radical (unpaired) electrons. The van der Waals surface area contributed by atoms with Crippen LogP contribution in [-0.4, -0.2) is 6.01 Å². The van der Waals surface area contributed by atoms with Crippen LogP contribution in [0.5, 0.6) is 0 Å². The molecule has 0 aromatic rings. The first-order valence-corrected chi connectivity index (χ1v) is 1.58. The van der Waals surface area contributed by atoms with Crippen LogP contribution in [0, 0.1) is 5.41 Å². The Hall–Kier alpha value is 0.120. The monoisotopic (exact) mass is 238 g/mol. The first kappa shape index (κ1) is 4.12. The summed E-state index contributed by atoms with van der Waals surface area (Å²) in [6, 6.07) is 1.78. The zero-order valence-corrected chi connectivity index (χ0v) is 3.92. The topological polar surface area (TPSA) is 36.2 Å². The second kappa shape index (κ2) is 3.12. The average Bonchev–Trinajstić information content (AvgIpc) is 1.37. The van der Waals surface area contributed by atoms with Crippen molar-refractivity contribution < 1.29 is 21.3 Å². The van der Waals surface area contributed by atoms with E-state index < -0.39 is 0 Å². The predicted molar refractivity (Wildman–Crippen MR) is 10.2 cm³/mol. The van der Waals surface area contributed by atoms with Gasteiger partial charge in [0.15, 0.2) is 0 Å². The van der Waals surface area contributed by atoms with Crippen molar-refractivity contribution >= 4 is 6.01 Å². The van der Waals surface area contributed by atoms with Gasteiger partial charge < -0.3 is 0 Å². The molecule has 4 heavy (non-hydrogen) atoms. The molecule has 0 aliphatic heterocycles. The summed E-state index contributed by atoms with van der Waals surface area (Å²) in [5.74, 6) is 0. The molecular weight excluding hydrogens is 237 g/mol. The minimum atomic E-state index is 1.78. The van der Waals surface area contributed by atoms with Gasteiger partial charge in [-0.05, 0) is 0 Å². The van der Waals surface area contributed by atoms with Crippen molar-refractivity contribution in [3.63, 3.8) is 0 Å². The molecule has 0 heterocycles. The zero-order valence-electron chi connectivity index (χ0n) is 1.75. The van der Waals surface area contributed by atoms with Gasteiger partial charge in [0.25, 0.3) is 0 Å². The summed E-state index contributed by atoms with van der Waals surface area (Å²) >= 11 is 1.82. The Morgan fingerprint density at radius 1 is 2.00 bits per heavy atom. The van der Waals surface area contributed by atoms with Crippen LogP contribution in [0.25, 0.3) is 0 Å². The van der Waals surface area contributed by atoms with Gasteiger partial charge in [-0.3, -0.25) is 0 Å². The van der Waals surface area contributed by atoms with Gasteiger partial charge in [0.05, 0.1) is 0 Å². The van der Waals surface area contributed by atoms with Crippen LogP contribution in [0.3, 0.4) is 0 Å². The fraction of sp³-hybridized carbons (Fsp3) is 0. The second-order valence-electron chi connectivity index (χ2n) is 0.179. The van der Waals surface area contributed by atoms with Crippen LogP contribution in [-0.2, 0) is 21.3 Å². The second-order valence-corrected chi connectivity index (χ2v) is 0.664. The Morgan fingerprint density at radius 2 is 2.25 bits per heavy atom. The maximum atomic E-state index is 6.02. The molecule has 0 aliphatic rings. The molecule has 0 fully saturated rings. The van der Waals surface area contributed by atoms with Crippen molar-refractivity contribution in [1.82, 2.24) is 0 Å². The van der Waals surface area contributed by atoms with E-state index in [2.05, 4.69) is 3.40 Å². The van der Waals surface area contributed by atoms with Crippen molar-refractivity contribution in [1.29, 1.82) is 5.41 Å². The first-order chi connectivity index (χ1) is 1.91. The van der Waals surface area contributed by atoms with Crippen LogP contribution < -0.4 is 0 Å². The Kier molecular flexibility index (Phi) is 3.21. The third-order valence-electron chi connectivity index (χ3n) is 0.0337. The molecule has 3 heteroatoms. The van der Waals surface area contributed by atoms with Crippen molar-refractivity contribution in [3.8, 4) is 0 Å². The molecule has 0 amide bonds. The zero-order chi connectivity index (χ0) is 3.41. The number of nitrogens with zero attached hydrogens (tertiary/aromatic N) is 1. The Balaban J connectivity index is 3.11. The van der Waals surface area contributed by atoms with E-state index >= 15 is 0 Å². The van der Waals surface area contributed by atoms with E-state index in [0.29, 0.717) is 0 Å². The van der Waals surface area contributed by atoms with Crippen LogP contribution in [0.2, 0.25) is 0 Å². The van der Waals surface area contributed by atoms with Crippen LogP contribution in [0.15, 0.2) is 3.40 Å². The molecule has 0 aromatic heterocycles. The summed E-state index contributed by atoms with van der Waals surface area (Å²) in [7, 11) is 0. The third-order valence-corrected chi connectivity index (χ3v) is 0.276. The van der Waals surface area contributed by atoms with Gasteiger partial charge in [0, 0.05) is 0 Å². The summed E-state index contributed by atoms with van der Waals surface area (Å²) in [4.78, 5) is 0. The molecular formula is CHAuN2. The predicted octanol–water partition coefficient (Wildman–Crippen LogP) is 0.201. The van der Waals surface area contributed by atoms with Crippen LogP contribution >= 0.6 is 0 Å². The van der Waals surface area contributed by atoms with Crippen molar-refractivity contribution in [2.45, 2.75) is 0 Å². The Bertz CT molecular complexity index is 44.0. The number of rotatable bonds is 0. The van der Waals surface area contributed by atoms with Gasteiger partial charge >= 0.3 is 36.1 Å². The molecule has 0 saturated heterocycles. The van der Waals surface area contributed by atoms with E-state index in [1.807, 2.05) is 21.3 Å². The molecule has 0 aliphatic carbocycles. The van der Waals surface area contributed by atoms with Crippen LogP contribution in [0.4, 0.5) is 0 Å². The number of nitrogens with one attached hydrogen (secondary N) is 1. The summed E-state index contributed by atoms with van der Waals surface area (Å²) in [6.07, 6.45) is 0. The van der Waals surface area contributed by atoms with Gasteiger partial charge in [-0.1, -0.05) is 0 Å². The molecule has 0 rings (SSSR count). The number of hydrogen-bond donors (Lipinski definition) is 1. The quantitative estimate of drug-likeness (QED) is 0.462. The number of hydrogen-bond acceptors (Lipinski definition) is 2. The molecule has 0 unspecified atom stereocenters. The van der Waals surface area contributed by atoms with Crippen LogP contribution in [0.1, 0.15) is 0 Å². The summed E-state index contributed by atoms with van der Waals surface area (Å²) < 4.78 is 3.10. The summed E-state index contributed by atoms with van der Waals surface area (Å²) in [5.41, 5.74) is 0. The fourth-order valence-corrected chi connectivity index (χ4v) is 0. The molecule has 1 N–H and O–H groups in total. The minimum absolute atomic E-state index is 1.78. The standard InChI is InChI=1S/CHN2.Au/c2-1-3;/h2H;/q-1;+1. The van der Waals surface area contributed by atoms with Crippen molar-refractivity contribution in [3.05, 3.63) is 0 Å². The fourth-order valence-electron chi connectivity index (χ4n) is 0. The average molecular weight is 238 g/mol. The molecule has 0 bridgehead atoms. The summed E-state index contributed by atoms with van der Waals surface area (Å²) in [5, 5.41) is 6.02. The Morgan fingerprint density at radius 3 is 2.25 bits per heavy atom. The van der Waals surface area contributed by atoms with Crippen molar-refractivity contribution in [2.75, 3.05) is 0 Å². The normalized spacial score (nSPS) is 4.50. The molecule has 0 saturated carbocycles. The molecule has 0 atom stereocenters. The van der Waals surface area contributed by atoms with E-state index in [1.54, 1.807) is 6.01 Å². The van der Waals surface area contributed by atoms with E-state index in [-0.39, 0.29) is 0 Å². The molecule has 0 aromatic carbocycles. The van der Waals surface area contributed by atoms with Gasteiger partial charge in [-0.2, -0.15) is 0 Å². The SMILES string of the molecule is N=C=[N][Au]. The van der Waals surface area contributed by atoms with Crippen molar-refractivity contribution in [2.24, 2.45) is 3.40 Å². The molecule has 0 spiro atoms. The van der Waals surface area contributed by atoms with E-state index in [0.717, 1.165) is 0 Å². The maximum absolute atomic E-state index is 6.02. The van der Waals surface area contributed by atoms with Gasteiger partial charge in [-0.15, -0.1) is 0 Å². The van der Waals surface area contributed by atoms with Gasteiger partial charge in [0.2, 0.25) is 0 Å². The van der Waals surface area contributed by atoms with E-state index in [4.69, 9.17) is 5.41 Å². The third kappa shape index (κ3) is 2.12. The molecule has 2 nitrogen and oxygen atoms in total. The van der Waals surface area contributed by atoms with Gasteiger partial charge in [-0.25, -0.2) is 0 Å².